The molecule has 0 unspecified atom stereocenters. The molecule has 1 amide bonds. The highest BCUT2D eigenvalue weighted by Gasteiger charge is 2.38. The van der Waals surface area contributed by atoms with Gasteiger partial charge in [0, 0.05) is 31.2 Å². The van der Waals surface area contributed by atoms with Gasteiger partial charge in [-0.3, -0.25) is 9.59 Å². The molecule has 50 heavy (non-hydrogen) atoms. The number of halogens is 1. The molecule has 1 aliphatic heterocycles. The zero-order valence-corrected chi connectivity index (χ0v) is 29.8. The van der Waals surface area contributed by atoms with E-state index in [0.717, 1.165) is 59.6 Å². The highest BCUT2D eigenvalue weighted by atomic mass is 35.5. The molecule has 2 aromatic carbocycles. The number of aromatic hydroxyl groups is 1. The molecule has 16 heteroatoms. The number of rotatable bonds is 19. The number of amides is 1. The van der Waals surface area contributed by atoms with Crippen molar-refractivity contribution in [2.75, 3.05) is 65.6 Å². The first kappa shape index (κ1) is 40.7. The van der Waals surface area contributed by atoms with Gasteiger partial charge in [-0.1, -0.05) is 55.0 Å². The quantitative estimate of drug-likeness (QED) is 0.0700. The lowest BCUT2D eigenvalue weighted by molar-refractivity contribution is -0.147. The minimum atomic E-state index is -1.42. The molecule has 7 N–H and O–H groups in total. The summed E-state index contributed by atoms with van der Waals surface area (Å²) in [5.74, 6) is -2.59. The Kier molecular flexibility index (Phi) is 17.0. The van der Waals surface area contributed by atoms with E-state index in [1.54, 1.807) is 6.07 Å². The number of aliphatic hydroxyl groups excluding tert-OH is 4. The number of aromatic nitrogens is 1. The summed E-state index contributed by atoms with van der Waals surface area (Å²) in [6.07, 6.45) is -0.942. The average Bonchev–Trinajstić information content (AvgIpc) is 3.63. The molecule has 2 atom stereocenters. The Morgan fingerprint density at radius 3 is 2.48 bits per heavy atom. The van der Waals surface area contributed by atoms with Gasteiger partial charge in [-0.05, 0) is 61.8 Å². The molecule has 3 aromatic rings. The van der Waals surface area contributed by atoms with Gasteiger partial charge in [0.25, 0.3) is 0 Å². The Morgan fingerprint density at radius 1 is 1.06 bits per heavy atom. The second-order valence-corrected chi connectivity index (χ2v) is 12.8. The Labute approximate surface area is 299 Å². The zero-order valence-electron chi connectivity index (χ0n) is 28.3. The second kappa shape index (κ2) is 20.8. The van der Waals surface area contributed by atoms with Gasteiger partial charge in [-0.2, -0.15) is 0 Å². The highest BCUT2D eigenvalue weighted by molar-refractivity contribution is 7.16. The largest absolute Gasteiger partial charge is 0.506 e. The average molecular weight is 739 g/mol. The summed E-state index contributed by atoms with van der Waals surface area (Å²) >= 11 is 7.15. The van der Waals surface area contributed by atoms with Gasteiger partial charge in [0.05, 0.1) is 30.9 Å². The van der Waals surface area contributed by atoms with Crippen LogP contribution in [-0.2, 0) is 31.9 Å². The topological polar surface area (TPSA) is 205 Å². The number of thiazole rings is 1. The van der Waals surface area contributed by atoms with Crippen molar-refractivity contribution in [1.29, 1.82) is 0 Å². The van der Waals surface area contributed by atoms with Gasteiger partial charge in [0.1, 0.15) is 17.4 Å². The Hall–Kier alpha value is -3.70. The lowest BCUT2D eigenvalue weighted by atomic mass is 10.1. The summed E-state index contributed by atoms with van der Waals surface area (Å²) < 4.78 is 10.9. The van der Waals surface area contributed by atoms with Crippen LogP contribution in [0, 0.1) is 0 Å². The number of nitrogens with zero attached hydrogens (tertiary/aromatic N) is 2. The van der Waals surface area contributed by atoms with Gasteiger partial charge in [-0.15, -0.1) is 0 Å². The first-order valence-corrected chi connectivity index (χ1v) is 17.7. The van der Waals surface area contributed by atoms with Crippen LogP contribution in [-0.4, -0.2) is 130 Å². The van der Waals surface area contributed by atoms with Crippen LogP contribution >= 0.6 is 22.9 Å². The molecule has 0 saturated heterocycles. The van der Waals surface area contributed by atoms with Crippen molar-refractivity contribution in [2.45, 2.75) is 45.3 Å². The molecule has 1 aliphatic rings. The fourth-order valence-electron chi connectivity index (χ4n) is 5.12. The Balaban J connectivity index is 0.000000474. The van der Waals surface area contributed by atoms with Crippen molar-refractivity contribution in [2.24, 2.45) is 0 Å². The number of aliphatic hydroxyl groups is 4. The van der Waals surface area contributed by atoms with Crippen molar-refractivity contribution in [3.05, 3.63) is 73.7 Å². The van der Waals surface area contributed by atoms with E-state index in [2.05, 4.69) is 33.8 Å². The number of phenols is 1. The third-order valence-corrected chi connectivity index (χ3v) is 9.26. The summed E-state index contributed by atoms with van der Waals surface area (Å²) in [5, 5.41) is 49.2. The van der Waals surface area contributed by atoms with Gasteiger partial charge < -0.3 is 55.1 Å². The van der Waals surface area contributed by atoms with Gasteiger partial charge >= 0.3 is 10.8 Å². The molecule has 4 rings (SSSR count). The standard InChI is InChI=1S/C28H39ClN4O4S.C6H8O6/c1-3-32(4-2)16-17-33(25(35)12-19-37-18-11-21-6-5-7-23(29)20-21)15-14-30-13-10-22-8-9-24(34)26-27(22)38-28(36)31-26;7-1-2(8)5-3(9)4(10)6(11)12-5/h5-9,20,30,34H,3-4,10-19H2,1-2H3,(H,31,36);2,5,7-10H,1H2/t;2-,5+/m.0/s1. The molecule has 0 bridgehead atoms. The van der Waals surface area contributed by atoms with E-state index < -0.39 is 36.3 Å². The van der Waals surface area contributed by atoms with Crippen molar-refractivity contribution in [1.82, 2.24) is 20.1 Å². The Morgan fingerprint density at radius 2 is 1.82 bits per heavy atom. The molecule has 14 nitrogen and oxygen atoms in total. The minimum Gasteiger partial charge on any atom is -0.506 e. The molecule has 2 heterocycles. The summed E-state index contributed by atoms with van der Waals surface area (Å²) in [4.78, 5) is 42.0. The number of carbonyl (C=O) groups is 2. The molecule has 0 saturated carbocycles. The number of aromatic amines is 1. The number of fused-ring (bicyclic) bond motifs is 1. The third-order valence-electron chi connectivity index (χ3n) is 8.06. The van der Waals surface area contributed by atoms with E-state index in [4.69, 9.17) is 36.8 Å². The molecule has 0 radical (unpaired) electrons. The lowest BCUT2D eigenvalue weighted by Crippen LogP contribution is -2.42. The van der Waals surface area contributed by atoms with Crippen LogP contribution in [0.2, 0.25) is 5.02 Å². The zero-order chi connectivity index (χ0) is 36.6. The van der Waals surface area contributed by atoms with E-state index in [-0.39, 0.29) is 16.5 Å². The second-order valence-electron chi connectivity index (χ2n) is 11.4. The number of hydrogen-bond donors (Lipinski definition) is 7. The number of cyclic esters (lactones) is 1. The van der Waals surface area contributed by atoms with Crippen LogP contribution in [0.1, 0.15) is 31.4 Å². The van der Waals surface area contributed by atoms with E-state index in [0.29, 0.717) is 56.4 Å². The normalized spacial score (nSPS) is 14.9. The number of nitrogens with one attached hydrogen (secondary N) is 2. The highest BCUT2D eigenvalue weighted by Crippen LogP contribution is 2.28. The predicted molar refractivity (Wildman–Crippen MR) is 191 cm³/mol. The summed E-state index contributed by atoms with van der Waals surface area (Å²) in [6, 6.07) is 11.2. The van der Waals surface area contributed by atoms with E-state index >= 15 is 0 Å². The molecular formula is C34H47ClN4O10S. The maximum Gasteiger partial charge on any atom is 0.377 e. The minimum absolute atomic E-state index is 0.0888. The number of likely N-dealkylation sites (N-methyl/N-ethyl adjacent to an activating group) is 1. The number of esters is 1. The molecule has 276 valence electrons. The Bertz CT molecular complexity index is 1630. The summed E-state index contributed by atoms with van der Waals surface area (Å²) in [6.45, 7) is 9.96. The van der Waals surface area contributed by atoms with E-state index in [1.165, 1.54) is 0 Å². The van der Waals surface area contributed by atoms with Gasteiger partial charge in [0.2, 0.25) is 11.7 Å². The van der Waals surface area contributed by atoms with E-state index in [1.807, 2.05) is 35.2 Å². The first-order chi connectivity index (χ1) is 24.0. The fraction of sp³-hybridized carbons (Fsp3) is 0.500. The van der Waals surface area contributed by atoms with Crippen LogP contribution in [0.5, 0.6) is 5.75 Å². The van der Waals surface area contributed by atoms with Crippen LogP contribution < -0.4 is 10.2 Å². The van der Waals surface area contributed by atoms with Crippen molar-refractivity contribution in [3.8, 4) is 5.75 Å². The van der Waals surface area contributed by atoms with Crippen LogP contribution in [0.4, 0.5) is 0 Å². The van der Waals surface area contributed by atoms with Gasteiger partial charge in [-0.25, -0.2) is 4.79 Å². The SMILES string of the molecule is CCN(CC)CCN(CCNCCc1ccc(O)c2[nH]c(=O)sc12)C(=O)CCOCCc1cccc(Cl)c1.O=C1O[C@H]([C@@H](O)CO)C(O)=C1O. The molecular weight excluding hydrogens is 692 g/mol. The van der Waals surface area contributed by atoms with Gasteiger partial charge in [0.15, 0.2) is 11.9 Å². The molecule has 0 spiro atoms. The van der Waals surface area contributed by atoms with Crippen molar-refractivity contribution >= 4 is 45.0 Å². The first-order valence-electron chi connectivity index (χ1n) is 16.5. The molecule has 0 aliphatic carbocycles. The van der Waals surface area contributed by atoms with Crippen LogP contribution in [0.15, 0.2) is 52.7 Å². The fourth-order valence-corrected chi connectivity index (χ4v) is 6.23. The maximum atomic E-state index is 13.0. The number of H-pyrrole nitrogens is 1. The van der Waals surface area contributed by atoms with Crippen LogP contribution in [0.3, 0.4) is 0 Å². The van der Waals surface area contributed by atoms with Crippen molar-refractivity contribution < 1.29 is 44.6 Å². The smallest absolute Gasteiger partial charge is 0.377 e. The number of ether oxygens (including phenoxy) is 2. The number of hydrogen-bond acceptors (Lipinski definition) is 13. The molecule has 0 fully saturated rings. The number of benzene rings is 2. The summed E-state index contributed by atoms with van der Waals surface area (Å²) in [7, 11) is 0. The monoisotopic (exact) mass is 738 g/mol. The van der Waals surface area contributed by atoms with Crippen LogP contribution in [0.25, 0.3) is 10.2 Å². The lowest BCUT2D eigenvalue weighted by Gasteiger charge is -2.27. The predicted octanol–water partition coefficient (Wildman–Crippen LogP) is 2.49. The van der Waals surface area contributed by atoms with E-state index in [9.17, 15) is 19.5 Å². The number of phenolic OH excluding ortho intramolecular Hbond substituents is 1. The summed E-state index contributed by atoms with van der Waals surface area (Å²) in [5.41, 5.74) is 2.63. The number of carbonyl (C=O) groups excluding carboxylic acids is 2. The molecule has 1 aromatic heterocycles. The maximum absolute atomic E-state index is 13.0. The third kappa shape index (κ3) is 12.3. The van der Waals surface area contributed by atoms with Crippen molar-refractivity contribution in [3.63, 3.8) is 0 Å².